The molecule has 4 aliphatic rings. The second-order valence-corrected chi connectivity index (χ2v) is 19.7. The van der Waals surface area contributed by atoms with Crippen molar-refractivity contribution >= 4 is 54.3 Å². The first kappa shape index (κ1) is 53.6. The van der Waals surface area contributed by atoms with Gasteiger partial charge in [-0.05, 0) is 73.9 Å². The number of carbonyl (C=O) groups excluding carboxylic acids is 7. The molecule has 2 unspecified atom stereocenters. The summed E-state index contributed by atoms with van der Waals surface area (Å²) in [6, 6.07) is 20.1. The largest absolute Gasteiger partial charge is 0.456 e. The lowest BCUT2D eigenvalue weighted by atomic mass is 9.44. The molecule has 3 aromatic rings. The number of rotatable bonds is 16. The lowest BCUT2D eigenvalue weighted by Gasteiger charge is -2.67. The minimum absolute atomic E-state index is 0.0292. The van der Waals surface area contributed by atoms with Crippen molar-refractivity contribution in [3.8, 4) is 0 Å². The number of alkyl carbamates (subject to hydrolysis) is 1. The lowest BCUT2D eigenvalue weighted by molar-refractivity contribution is -0.345. The van der Waals surface area contributed by atoms with Crippen LogP contribution in [-0.2, 0) is 52.3 Å². The summed E-state index contributed by atoms with van der Waals surface area (Å²) in [6.07, 6.45) is -11.5. The van der Waals surface area contributed by atoms with Crippen LogP contribution in [0.3, 0.4) is 0 Å². The van der Waals surface area contributed by atoms with E-state index in [0.717, 1.165) is 31.2 Å². The molecule has 0 radical (unpaired) electrons. The first-order chi connectivity index (χ1) is 34.2. The highest BCUT2D eigenvalue weighted by atomic mass is 32.1. The maximum absolute atomic E-state index is 16.2. The van der Waals surface area contributed by atoms with E-state index in [-0.39, 0.29) is 60.6 Å². The van der Waals surface area contributed by atoms with Gasteiger partial charge in [-0.3, -0.25) is 19.2 Å². The van der Waals surface area contributed by atoms with Crippen molar-refractivity contribution in [2.45, 2.75) is 122 Å². The van der Waals surface area contributed by atoms with Gasteiger partial charge in [0.1, 0.15) is 35.8 Å². The standard InChI is InChI=1S/C53H61FN2O15S/c1-8-38(58)69-41-39-29(3)35(67-48(62)42(65-24-25-72)40(31-16-12-10-13-17-31)56-46(60)32-18-14-11-15-19-32)27-53(64,50(39,5)6)45(70-47(61)33-20-22-34(54)23-21-33)43-51(7,44(41)59)36(68-49(63)55-9-2)26-37-52(43,28-66-37)71-30(4)57/h10-23,35-37,40-43,45,64,72H,8-9,24-28H2,1-7H3,(H,55,63)(H,56,60)/t35-,36-,37+,40-,41+,42+,43?,45?,51+,52-,53+/m0/s1. The Morgan fingerprint density at radius 2 is 1.54 bits per heavy atom. The fraction of sp³-hybridized carbons (Fsp3) is 0.491. The third-order valence-corrected chi connectivity index (χ3v) is 14.9. The van der Waals surface area contributed by atoms with Crippen molar-refractivity contribution in [1.29, 1.82) is 0 Å². The number of ether oxygens (including phenoxy) is 7. The van der Waals surface area contributed by atoms with Crippen molar-refractivity contribution in [2.24, 2.45) is 16.7 Å². The van der Waals surface area contributed by atoms with E-state index in [0.29, 0.717) is 5.56 Å². The number of carbonyl (C=O) groups is 7. The molecule has 3 aliphatic carbocycles. The summed E-state index contributed by atoms with van der Waals surface area (Å²) in [7, 11) is 0. The molecule has 3 N–H and O–H groups in total. The summed E-state index contributed by atoms with van der Waals surface area (Å²) >= 11 is 4.32. The van der Waals surface area contributed by atoms with Gasteiger partial charge >= 0.3 is 30.0 Å². The smallest absolute Gasteiger partial charge is 0.407 e. The number of Topliss-reactive ketones (excluding diaryl/α,β-unsaturated/α-hetero) is 1. The molecule has 19 heteroatoms. The molecule has 386 valence electrons. The summed E-state index contributed by atoms with van der Waals surface area (Å²) in [6.45, 7) is 9.98. The van der Waals surface area contributed by atoms with E-state index in [1.54, 1.807) is 88.4 Å². The number of nitrogens with one attached hydrogen (secondary N) is 2. The molecular weight excluding hydrogens is 956 g/mol. The van der Waals surface area contributed by atoms with Crippen LogP contribution in [0.4, 0.5) is 9.18 Å². The molecule has 17 nitrogen and oxygen atoms in total. The quantitative estimate of drug-likeness (QED) is 0.0561. The second-order valence-electron chi connectivity index (χ2n) is 19.2. The van der Waals surface area contributed by atoms with Crippen molar-refractivity contribution in [3.63, 3.8) is 0 Å². The Labute approximate surface area is 422 Å². The number of esters is 4. The molecule has 3 fully saturated rings. The van der Waals surface area contributed by atoms with Gasteiger partial charge < -0.3 is 48.9 Å². The predicted octanol–water partition coefficient (Wildman–Crippen LogP) is 5.97. The zero-order valence-corrected chi connectivity index (χ0v) is 42.0. The average molecular weight is 1020 g/mol. The Morgan fingerprint density at radius 1 is 0.889 bits per heavy atom. The van der Waals surface area contributed by atoms with E-state index in [4.69, 9.17) is 33.2 Å². The molecule has 1 heterocycles. The van der Waals surface area contributed by atoms with Gasteiger partial charge in [0.15, 0.2) is 23.6 Å². The minimum atomic E-state index is -2.51. The number of thiol groups is 1. The predicted molar refractivity (Wildman–Crippen MR) is 258 cm³/mol. The van der Waals surface area contributed by atoms with Gasteiger partial charge in [0, 0.05) is 49.5 Å². The molecule has 2 saturated carbocycles. The average Bonchev–Trinajstić information content (AvgIpc) is 3.34. The van der Waals surface area contributed by atoms with Crippen LogP contribution in [-0.4, -0.2) is 120 Å². The molecule has 3 aromatic carbocycles. The van der Waals surface area contributed by atoms with E-state index in [9.17, 15) is 33.5 Å². The van der Waals surface area contributed by atoms with Gasteiger partial charge in [-0.15, -0.1) is 0 Å². The van der Waals surface area contributed by atoms with E-state index in [1.807, 2.05) is 0 Å². The van der Waals surface area contributed by atoms with Crippen LogP contribution in [0.5, 0.6) is 0 Å². The minimum Gasteiger partial charge on any atom is -0.456 e. The van der Waals surface area contributed by atoms with Crippen LogP contribution in [0.2, 0.25) is 0 Å². The number of halogens is 1. The molecule has 0 spiro atoms. The van der Waals surface area contributed by atoms with Gasteiger partial charge in [0.2, 0.25) is 0 Å². The molecule has 0 aromatic heterocycles. The highest BCUT2D eigenvalue weighted by molar-refractivity contribution is 7.80. The van der Waals surface area contributed by atoms with Gasteiger partial charge in [0.05, 0.1) is 36.2 Å². The zero-order chi connectivity index (χ0) is 52.3. The molecular formula is C53H61FN2O15S. The normalized spacial score (nSPS) is 28.9. The topological polar surface area (TPSA) is 228 Å². The van der Waals surface area contributed by atoms with Crippen LogP contribution in [0.15, 0.2) is 96.1 Å². The number of hydrogen-bond donors (Lipinski definition) is 4. The summed E-state index contributed by atoms with van der Waals surface area (Å²) in [5, 5.41) is 19.6. The number of amides is 2. The molecule has 2 bridgehead atoms. The second kappa shape index (κ2) is 21.5. The first-order valence-electron chi connectivity index (χ1n) is 23.9. The molecule has 11 atom stereocenters. The number of aliphatic hydroxyl groups is 1. The number of fused-ring (bicyclic) bond motifs is 5. The van der Waals surface area contributed by atoms with Gasteiger partial charge in [-0.2, -0.15) is 12.6 Å². The Bertz CT molecular complexity index is 2580. The Hall–Kier alpha value is -6.15. The SMILES string of the molecule is CCNC(=O)O[C@H]1C[C@H]2OC[C@@]2(OC(C)=O)C2C(OC(=O)c3ccc(F)cc3)[C@]3(O)C[C@H](OC(=O)[C@H](OCCS)[C@@H](NC(=O)c4ccccc4)c4ccccc4)C(C)=C([C@@H](OC(=O)CC)C(=O)[C@@]21C)C3(C)C. The van der Waals surface area contributed by atoms with Crippen molar-refractivity contribution in [2.75, 3.05) is 25.5 Å². The maximum Gasteiger partial charge on any atom is 0.407 e. The Morgan fingerprint density at radius 3 is 2.12 bits per heavy atom. The molecule has 72 heavy (non-hydrogen) atoms. The van der Waals surface area contributed by atoms with E-state index in [1.165, 1.54) is 13.8 Å². The highest BCUT2D eigenvalue weighted by Gasteiger charge is 2.79. The van der Waals surface area contributed by atoms with Gasteiger partial charge in [-0.1, -0.05) is 69.3 Å². The first-order valence-corrected chi connectivity index (χ1v) is 24.5. The fourth-order valence-corrected chi connectivity index (χ4v) is 11.1. The van der Waals surface area contributed by atoms with Crippen molar-refractivity contribution < 1.29 is 76.2 Å². The Kier molecular flexibility index (Phi) is 16.0. The summed E-state index contributed by atoms with van der Waals surface area (Å²) in [5.74, 6) is -7.44. The van der Waals surface area contributed by atoms with Crippen LogP contribution in [0, 0.1) is 22.6 Å². The molecule has 2 amide bonds. The molecule has 7 rings (SSSR count). The number of benzene rings is 3. The summed E-state index contributed by atoms with van der Waals surface area (Å²) < 4.78 is 57.9. The van der Waals surface area contributed by atoms with Gasteiger partial charge in [-0.25, -0.2) is 18.8 Å². The van der Waals surface area contributed by atoms with Crippen LogP contribution < -0.4 is 10.6 Å². The van der Waals surface area contributed by atoms with Crippen molar-refractivity contribution in [3.05, 3.63) is 119 Å². The van der Waals surface area contributed by atoms with Crippen LogP contribution >= 0.6 is 12.6 Å². The van der Waals surface area contributed by atoms with Gasteiger partial charge in [0.25, 0.3) is 5.91 Å². The van der Waals surface area contributed by atoms with E-state index >= 15 is 9.59 Å². The van der Waals surface area contributed by atoms with Crippen molar-refractivity contribution in [1.82, 2.24) is 10.6 Å². The molecule has 1 aliphatic heterocycles. The summed E-state index contributed by atoms with van der Waals surface area (Å²) in [4.78, 5) is 100. The Balaban J connectivity index is 1.46. The third kappa shape index (κ3) is 9.87. The lowest BCUT2D eigenvalue weighted by Crippen LogP contribution is -2.82. The number of ketones is 1. The third-order valence-electron chi connectivity index (χ3n) is 14.7. The van der Waals surface area contributed by atoms with Crippen LogP contribution in [0.1, 0.15) is 100 Å². The summed E-state index contributed by atoms with van der Waals surface area (Å²) in [5.41, 5.74) is -7.60. The van der Waals surface area contributed by atoms with E-state index < -0.39 is 125 Å². The highest BCUT2D eigenvalue weighted by Crippen LogP contribution is 2.65. The molecule has 1 saturated heterocycles. The maximum atomic E-state index is 16.2. The van der Waals surface area contributed by atoms with Crippen LogP contribution in [0.25, 0.3) is 0 Å². The fourth-order valence-electron chi connectivity index (χ4n) is 11.0. The number of hydrogen-bond acceptors (Lipinski definition) is 16. The van der Waals surface area contributed by atoms with E-state index in [2.05, 4.69) is 23.3 Å². The monoisotopic (exact) mass is 1020 g/mol. The zero-order valence-electron chi connectivity index (χ0n) is 41.1.